The van der Waals surface area contributed by atoms with Crippen LogP contribution in [0.25, 0.3) is 0 Å². The molecule has 2 aliphatic heterocycles. The van der Waals surface area contributed by atoms with Crippen LogP contribution in [-0.2, 0) is 14.3 Å². The molecule has 4 heteroatoms. The van der Waals surface area contributed by atoms with Crippen molar-refractivity contribution in [2.45, 2.75) is 45.1 Å². The van der Waals surface area contributed by atoms with Crippen molar-refractivity contribution in [1.82, 2.24) is 0 Å². The normalized spacial score (nSPS) is 36.9. The highest BCUT2D eigenvalue weighted by molar-refractivity contribution is 5.74. The Balaban J connectivity index is 2.13. The van der Waals surface area contributed by atoms with E-state index in [0.717, 1.165) is 25.9 Å². The average molecular weight is 242 g/mol. The highest BCUT2D eigenvalue weighted by Gasteiger charge is 2.48. The van der Waals surface area contributed by atoms with E-state index in [1.54, 1.807) is 0 Å². The number of rotatable bonds is 3. The van der Waals surface area contributed by atoms with Gasteiger partial charge in [0.2, 0.25) is 0 Å². The van der Waals surface area contributed by atoms with Crippen molar-refractivity contribution in [2.24, 2.45) is 11.3 Å². The van der Waals surface area contributed by atoms with E-state index in [-0.39, 0.29) is 11.5 Å². The highest BCUT2D eigenvalue weighted by Crippen LogP contribution is 2.45. The number of carbonyl (C=O) groups is 1. The first kappa shape index (κ1) is 12.8. The molecule has 0 aromatic heterocycles. The van der Waals surface area contributed by atoms with Gasteiger partial charge >= 0.3 is 5.97 Å². The zero-order valence-corrected chi connectivity index (χ0v) is 10.7. The largest absolute Gasteiger partial charge is 0.481 e. The summed E-state index contributed by atoms with van der Waals surface area (Å²) in [6, 6.07) is 0. The third-order valence-electron chi connectivity index (χ3n) is 4.68. The molecule has 3 unspecified atom stereocenters. The number of hydrogen-bond acceptors (Lipinski definition) is 3. The molecule has 3 atom stereocenters. The summed E-state index contributed by atoms with van der Waals surface area (Å²) in [6.45, 7) is 5.86. The summed E-state index contributed by atoms with van der Waals surface area (Å²) in [7, 11) is 0. The van der Waals surface area contributed by atoms with Crippen LogP contribution < -0.4 is 0 Å². The van der Waals surface area contributed by atoms with Crippen molar-refractivity contribution in [3.63, 3.8) is 0 Å². The Bertz CT molecular complexity index is 296. The molecule has 2 aliphatic rings. The maximum Gasteiger partial charge on any atom is 0.309 e. The lowest BCUT2D eigenvalue weighted by atomic mass is 9.67. The molecule has 0 amide bonds. The lowest BCUT2D eigenvalue weighted by Gasteiger charge is -2.43. The Kier molecular flexibility index (Phi) is 3.46. The summed E-state index contributed by atoms with van der Waals surface area (Å²) in [5, 5.41) is 9.44. The Labute approximate surface area is 102 Å². The second-order valence-corrected chi connectivity index (χ2v) is 5.60. The van der Waals surface area contributed by atoms with Crippen molar-refractivity contribution in [3.05, 3.63) is 0 Å². The fourth-order valence-electron chi connectivity index (χ4n) is 3.05. The Morgan fingerprint density at radius 3 is 2.82 bits per heavy atom. The van der Waals surface area contributed by atoms with Gasteiger partial charge in [-0.15, -0.1) is 0 Å². The predicted octanol–water partition coefficient (Wildman–Crippen LogP) is 2.07. The van der Waals surface area contributed by atoms with Crippen LogP contribution in [0.2, 0.25) is 0 Å². The standard InChI is InChI=1S/C13H22O4/c1-3-12(2,11(14)15)10-4-6-17-13(8-10)5-7-16-9-13/h10H,3-9H2,1-2H3,(H,14,15). The molecule has 2 heterocycles. The van der Waals surface area contributed by atoms with Crippen LogP contribution in [0.1, 0.15) is 39.5 Å². The van der Waals surface area contributed by atoms with Gasteiger partial charge in [-0.3, -0.25) is 4.79 Å². The summed E-state index contributed by atoms with van der Waals surface area (Å²) >= 11 is 0. The zero-order chi connectivity index (χ0) is 12.5. The maximum atomic E-state index is 11.5. The number of ether oxygens (including phenoxy) is 2. The summed E-state index contributed by atoms with van der Waals surface area (Å²) in [4.78, 5) is 11.5. The van der Waals surface area contributed by atoms with Crippen LogP contribution in [0.3, 0.4) is 0 Å². The first-order valence-electron chi connectivity index (χ1n) is 6.47. The van der Waals surface area contributed by atoms with E-state index in [0.29, 0.717) is 19.6 Å². The van der Waals surface area contributed by atoms with Gasteiger partial charge in [0.1, 0.15) is 0 Å². The third kappa shape index (κ3) is 2.20. The van der Waals surface area contributed by atoms with Gasteiger partial charge in [0.15, 0.2) is 0 Å². The summed E-state index contributed by atoms with van der Waals surface area (Å²) < 4.78 is 11.3. The number of aliphatic carboxylic acids is 1. The predicted molar refractivity (Wildman–Crippen MR) is 62.9 cm³/mol. The number of carboxylic acid groups (broad SMARTS) is 1. The van der Waals surface area contributed by atoms with E-state index >= 15 is 0 Å². The molecular formula is C13H22O4. The first-order valence-corrected chi connectivity index (χ1v) is 6.47. The molecule has 0 radical (unpaired) electrons. The maximum absolute atomic E-state index is 11.5. The van der Waals surface area contributed by atoms with Gasteiger partial charge in [-0.1, -0.05) is 6.92 Å². The summed E-state index contributed by atoms with van der Waals surface area (Å²) in [5.41, 5.74) is -0.825. The molecule has 0 aliphatic carbocycles. The molecule has 2 fully saturated rings. The molecule has 1 N–H and O–H groups in total. The first-order chi connectivity index (χ1) is 8.02. The van der Waals surface area contributed by atoms with Gasteiger partial charge < -0.3 is 14.6 Å². The topological polar surface area (TPSA) is 55.8 Å². The van der Waals surface area contributed by atoms with Gasteiger partial charge in [-0.2, -0.15) is 0 Å². The minimum Gasteiger partial charge on any atom is -0.481 e. The van der Waals surface area contributed by atoms with Crippen molar-refractivity contribution in [1.29, 1.82) is 0 Å². The van der Waals surface area contributed by atoms with E-state index in [1.165, 1.54) is 0 Å². The molecule has 0 aromatic rings. The lowest BCUT2D eigenvalue weighted by molar-refractivity contribution is -0.162. The SMILES string of the molecule is CCC(C)(C(=O)O)C1CCOC2(CCOC2)C1. The van der Waals surface area contributed by atoms with Gasteiger partial charge in [-0.05, 0) is 32.1 Å². The van der Waals surface area contributed by atoms with Crippen LogP contribution in [0.15, 0.2) is 0 Å². The fraction of sp³-hybridized carbons (Fsp3) is 0.923. The lowest BCUT2D eigenvalue weighted by Crippen LogP contribution is -2.47. The molecule has 1 spiro atoms. The molecular weight excluding hydrogens is 220 g/mol. The number of carboxylic acids is 1. The van der Waals surface area contributed by atoms with Crippen LogP contribution in [0, 0.1) is 11.3 Å². The quantitative estimate of drug-likeness (QED) is 0.823. The van der Waals surface area contributed by atoms with Crippen molar-refractivity contribution in [3.8, 4) is 0 Å². The van der Waals surface area contributed by atoms with Crippen molar-refractivity contribution < 1.29 is 19.4 Å². The van der Waals surface area contributed by atoms with Gasteiger partial charge in [0.25, 0.3) is 0 Å². The van der Waals surface area contributed by atoms with Crippen LogP contribution in [0.5, 0.6) is 0 Å². The zero-order valence-electron chi connectivity index (χ0n) is 10.7. The van der Waals surface area contributed by atoms with E-state index < -0.39 is 11.4 Å². The minimum absolute atomic E-state index is 0.195. The molecule has 17 heavy (non-hydrogen) atoms. The number of hydrogen-bond donors (Lipinski definition) is 1. The minimum atomic E-state index is -0.680. The molecule has 0 saturated carbocycles. The summed E-state index contributed by atoms with van der Waals surface area (Å²) in [6.07, 6.45) is 3.24. The van der Waals surface area contributed by atoms with Gasteiger partial charge in [0.05, 0.1) is 17.6 Å². The molecule has 0 bridgehead atoms. The second kappa shape index (κ2) is 4.58. The molecule has 2 saturated heterocycles. The third-order valence-corrected chi connectivity index (χ3v) is 4.68. The van der Waals surface area contributed by atoms with E-state index in [4.69, 9.17) is 9.47 Å². The monoisotopic (exact) mass is 242 g/mol. The molecule has 2 rings (SSSR count). The van der Waals surface area contributed by atoms with Crippen molar-refractivity contribution in [2.75, 3.05) is 19.8 Å². The van der Waals surface area contributed by atoms with Gasteiger partial charge in [0, 0.05) is 19.6 Å². The van der Waals surface area contributed by atoms with E-state index in [9.17, 15) is 9.90 Å². The van der Waals surface area contributed by atoms with Crippen LogP contribution in [0.4, 0.5) is 0 Å². The average Bonchev–Trinajstić information content (AvgIpc) is 2.76. The van der Waals surface area contributed by atoms with Crippen molar-refractivity contribution >= 4 is 5.97 Å². The fourth-order valence-corrected chi connectivity index (χ4v) is 3.05. The van der Waals surface area contributed by atoms with Crippen LogP contribution in [-0.4, -0.2) is 36.5 Å². The van der Waals surface area contributed by atoms with E-state index in [1.807, 2.05) is 13.8 Å². The van der Waals surface area contributed by atoms with E-state index in [2.05, 4.69) is 0 Å². The second-order valence-electron chi connectivity index (χ2n) is 5.60. The summed E-state index contributed by atoms with van der Waals surface area (Å²) in [5.74, 6) is -0.485. The Morgan fingerprint density at radius 2 is 2.29 bits per heavy atom. The molecule has 98 valence electrons. The molecule has 4 nitrogen and oxygen atoms in total. The smallest absolute Gasteiger partial charge is 0.309 e. The van der Waals surface area contributed by atoms with Gasteiger partial charge in [-0.25, -0.2) is 0 Å². The Morgan fingerprint density at radius 1 is 1.53 bits per heavy atom. The Hall–Kier alpha value is -0.610. The van der Waals surface area contributed by atoms with Crippen LogP contribution >= 0.6 is 0 Å². The molecule has 0 aromatic carbocycles. The highest BCUT2D eigenvalue weighted by atomic mass is 16.6.